The standard InChI is InChI=1S/C21H23N5O/c1-21(2)12-19-16(13-24-26(19)18-7-10-22-11-8-18)14-25(15-21)20(27)6-5-17-4-3-9-23-17/h3-11,13,23H,12,14-15H2,1-2H3/b6-5+. The number of carbonyl (C=O) groups is 1. The van der Waals surface area contributed by atoms with Crippen LogP contribution in [-0.2, 0) is 17.8 Å². The van der Waals surface area contributed by atoms with Gasteiger partial charge in [0, 0.05) is 54.7 Å². The first-order valence-electron chi connectivity index (χ1n) is 9.08. The molecule has 3 aromatic heterocycles. The summed E-state index contributed by atoms with van der Waals surface area (Å²) in [4.78, 5) is 21.9. The van der Waals surface area contributed by atoms with Crippen LogP contribution in [0.2, 0.25) is 0 Å². The third-order valence-electron chi connectivity index (χ3n) is 4.83. The molecule has 0 radical (unpaired) electrons. The largest absolute Gasteiger partial charge is 0.362 e. The van der Waals surface area contributed by atoms with Gasteiger partial charge in [0.1, 0.15) is 0 Å². The van der Waals surface area contributed by atoms with E-state index in [1.165, 1.54) is 0 Å². The summed E-state index contributed by atoms with van der Waals surface area (Å²) >= 11 is 0. The summed E-state index contributed by atoms with van der Waals surface area (Å²) < 4.78 is 1.97. The van der Waals surface area contributed by atoms with E-state index in [-0.39, 0.29) is 11.3 Å². The van der Waals surface area contributed by atoms with E-state index in [4.69, 9.17) is 0 Å². The molecule has 1 amide bonds. The van der Waals surface area contributed by atoms with Crippen molar-refractivity contribution in [2.24, 2.45) is 5.41 Å². The lowest BCUT2D eigenvalue weighted by atomic mass is 9.87. The number of carbonyl (C=O) groups excluding carboxylic acids is 1. The molecular formula is C21H23N5O. The van der Waals surface area contributed by atoms with E-state index < -0.39 is 0 Å². The zero-order chi connectivity index (χ0) is 18.9. The van der Waals surface area contributed by atoms with Gasteiger partial charge in [-0.15, -0.1) is 0 Å². The van der Waals surface area contributed by atoms with Gasteiger partial charge in [-0.1, -0.05) is 13.8 Å². The summed E-state index contributed by atoms with van der Waals surface area (Å²) in [5, 5.41) is 4.58. The molecule has 6 nitrogen and oxygen atoms in total. The Morgan fingerprint density at radius 1 is 1.26 bits per heavy atom. The van der Waals surface area contributed by atoms with Crippen molar-refractivity contribution in [1.29, 1.82) is 0 Å². The number of aromatic nitrogens is 4. The molecule has 3 aromatic rings. The lowest BCUT2D eigenvalue weighted by Gasteiger charge is -2.29. The number of rotatable bonds is 3. The summed E-state index contributed by atoms with van der Waals surface area (Å²) in [6.07, 6.45) is 11.6. The average molecular weight is 361 g/mol. The van der Waals surface area contributed by atoms with Crippen molar-refractivity contribution in [3.63, 3.8) is 0 Å². The van der Waals surface area contributed by atoms with Crippen molar-refractivity contribution >= 4 is 12.0 Å². The molecule has 138 valence electrons. The minimum Gasteiger partial charge on any atom is -0.362 e. The normalized spacial score (nSPS) is 16.3. The summed E-state index contributed by atoms with van der Waals surface area (Å²) in [5.41, 5.74) is 4.12. The van der Waals surface area contributed by atoms with E-state index >= 15 is 0 Å². The van der Waals surface area contributed by atoms with E-state index in [0.29, 0.717) is 13.1 Å². The van der Waals surface area contributed by atoms with Crippen LogP contribution in [0.5, 0.6) is 0 Å². The summed E-state index contributed by atoms with van der Waals surface area (Å²) in [7, 11) is 0. The van der Waals surface area contributed by atoms with Gasteiger partial charge in [0.2, 0.25) is 5.91 Å². The molecule has 0 aromatic carbocycles. The topological polar surface area (TPSA) is 66.8 Å². The molecule has 6 heteroatoms. The van der Waals surface area contributed by atoms with Gasteiger partial charge in [-0.3, -0.25) is 9.78 Å². The van der Waals surface area contributed by atoms with E-state index in [2.05, 4.69) is 28.9 Å². The highest BCUT2D eigenvalue weighted by Crippen LogP contribution is 2.31. The molecule has 4 heterocycles. The molecule has 27 heavy (non-hydrogen) atoms. The SMILES string of the molecule is CC1(C)Cc2c(cnn2-c2ccncc2)CN(C(=O)/C=C/c2ccc[nH]2)C1. The predicted molar refractivity (Wildman–Crippen MR) is 104 cm³/mol. The number of nitrogens with one attached hydrogen (secondary N) is 1. The van der Waals surface area contributed by atoms with E-state index in [1.54, 1.807) is 18.5 Å². The number of H-pyrrole nitrogens is 1. The van der Waals surface area contributed by atoms with Crippen molar-refractivity contribution in [2.75, 3.05) is 6.54 Å². The molecule has 0 fully saturated rings. The lowest BCUT2D eigenvalue weighted by Crippen LogP contribution is -2.36. The zero-order valence-corrected chi connectivity index (χ0v) is 15.6. The Hall–Kier alpha value is -3.15. The third-order valence-corrected chi connectivity index (χ3v) is 4.83. The monoisotopic (exact) mass is 361 g/mol. The number of amides is 1. The smallest absolute Gasteiger partial charge is 0.246 e. The minimum atomic E-state index is -0.0496. The van der Waals surface area contributed by atoms with Crippen LogP contribution in [0.1, 0.15) is 30.8 Å². The van der Waals surface area contributed by atoms with Crippen LogP contribution in [0.3, 0.4) is 0 Å². The molecule has 0 saturated heterocycles. The molecule has 0 spiro atoms. The Bertz CT molecular complexity index is 954. The molecule has 0 atom stereocenters. The highest BCUT2D eigenvalue weighted by molar-refractivity contribution is 5.91. The number of pyridine rings is 1. The fourth-order valence-corrected chi connectivity index (χ4v) is 3.59. The van der Waals surface area contributed by atoms with Crippen LogP contribution in [0.4, 0.5) is 0 Å². The van der Waals surface area contributed by atoms with E-state index in [1.807, 2.05) is 52.3 Å². The molecule has 1 N–H and O–H groups in total. The van der Waals surface area contributed by atoms with Crippen LogP contribution in [0.15, 0.2) is 55.1 Å². The summed E-state index contributed by atoms with van der Waals surface area (Å²) in [5.74, 6) is 0.0159. The number of aromatic amines is 1. The van der Waals surface area contributed by atoms with Crippen molar-refractivity contribution in [2.45, 2.75) is 26.8 Å². The maximum atomic E-state index is 12.8. The number of nitrogens with zero attached hydrogens (tertiary/aromatic N) is 4. The van der Waals surface area contributed by atoms with Gasteiger partial charge in [-0.2, -0.15) is 5.10 Å². The molecule has 1 aliphatic rings. The quantitative estimate of drug-likeness (QED) is 0.729. The molecule has 0 aliphatic carbocycles. The second kappa shape index (κ2) is 6.87. The fourth-order valence-electron chi connectivity index (χ4n) is 3.59. The van der Waals surface area contributed by atoms with Gasteiger partial charge in [0.15, 0.2) is 0 Å². The Labute approximate surface area is 158 Å². The molecule has 1 aliphatic heterocycles. The van der Waals surface area contributed by atoms with Crippen molar-refractivity contribution in [3.8, 4) is 5.69 Å². The van der Waals surface area contributed by atoms with Crippen LogP contribution in [-0.4, -0.2) is 37.1 Å². The van der Waals surface area contributed by atoms with Crippen molar-refractivity contribution in [1.82, 2.24) is 24.6 Å². The van der Waals surface area contributed by atoms with Crippen molar-refractivity contribution in [3.05, 3.63) is 72.1 Å². The molecule has 0 bridgehead atoms. The van der Waals surface area contributed by atoms with E-state index in [9.17, 15) is 4.79 Å². The van der Waals surface area contributed by atoms with Gasteiger partial charge < -0.3 is 9.88 Å². The number of fused-ring (bicyclic) bond motifs is 1. The second-order valence-electron chi connectivity index (χ2n) is 7.73. The van der Waals surface area contributed by atoms with Crippen LogP contribution >= 0.6 is 0 Å². The van der Waals surface area contributed by atoms with Crippen molar-refractivity contribution < 1.29 is 4.79 Å². The van der Waals surface area contributed by atoms with Crippen LogP contribution in [0.25, 0.3) is 11.8 Å². The Kier molecular flexibility index (Phi) is 4.39. The van der Waals surface area contributed by atoms with E-state index in [0.717, 1.165) is 29.1 Å². The average Bonchev–Trinajstić information content (AvgIpc) is 3.27. The zero-order valence-electron chi connectivity index (χ0n) is 15.6. The Morgan fingerprint density at radius 2 is 2.07 bits per heavy atom. The highest BCUT2D eigenvalue weighted by atomic mass is 16.2. The first kappa shape index (κ1) is 17.3. The van der Waals surface area contributed by atoms with Crippen LogP contribution < -0.4 is 0 Å². The van der Waals surface area contributed by atoms with Gasteiger partial charge in [-0.05, 0) is 42.2 Å². The molecule has 0 unspecified atom stereocenters. The highest BCUT2D eigenvalue weighted by Gasteiger charge is 2.32. The maximum Gasteiger partial charge on any atom is 0.246 e. The Balaban J connectivity index is 1.63. The number of hydrogen-bond donors (Lipinski definition) is 1. The van der Waals surface area contributed by atoms with Gasteiger partial charge >= 0.3 is 0 Å². The van der Waals surface area contributed by atoms with Gasteiger partial charge in [-0.25, -0.2) is 4.68 Å². The molecular weight excluding hydrogens is 338 g/mol. The number of hydrogen-bond acceptors (Lipinski definition) is 3. The van der Waals surface area contributed by atoms with Gasteiger partial charge in [0.05, 0.1) is 11.9 Å². The Morgan fingerprint density at radius 3 is 2.81 bits per heavy atom. The first-order chi connectivity index (χ1) is 13.0. The summed E-state index contributed by atoms with van der Waals surface area (Å²) in [6, 6.07) is 7.76. The fraction of sp³-hybridized carbons (Fsp3) is 0.286. The second-order valence-corrected chi connectivity index (χ2v) is 7.73. The molecule has 0 saturated carbocycles. The lowest BCUT2D eigenvalue weighted by molar-refractivity contribution is -0.127. The minimum absolute atomic E-state index is 0.0159. The van der Waals surface area contributed by atoms with Gasteiger partial charge in [0.25, 0.3) is 0 Å². The van der Waals surface area contributed by atoms with Crippen LogP contribution in [0, 0.1) is 5.41 Å². The predicted octanol–water partition coefficient (Wildman–Crippen LogP) is 3.22. The third kappa shape index (κ3) is 3.69. The maximum absolute atomic E-state index is 12.8. The molecule has 4 rings (SSSR count). The summed E-state index contributed by atoms with van der Waals surface area (Å²) in [6.45, 7) is 5.66. The first-order valence-corrected chi connectivity index (χ1v) is 9.08.